The first-order valence-electron chi connectivity index (χ1n) is 4.69. The van der Waals surface area contributed by atoms with Crippen LogP contribution in [0, 0.1) is 0 Å². The van der Waals surface area contributed by atoms with Crippen molar-refractivity contribution in [2.45, 2.75) is 25.7 Å². The van der Waals surface area contributed by atoms with Gasteiger partial charge in [0, 0.05) is 5.02 Å². The van der Waals surface area contributed by atoms with Gasteiger partial charge in [-0.05, 0) is 43.0 Å². The van der Waals surface area contributed by atoms with Gasteiger partial charge in [-0.2, -0.15) is 0 Å². The standard InChI is InChI=1S/C11H16ClN/c1-9(3-2-8-13)10-4-6-11(12)7-5-10/h4-7,9H,2-3,8,13H2,1H3. The van der Waals surface area contributed by atoms with Crippen molar-refractivity contribution >= 4 is 11.6 Å². The molecule has 1 atom stereocenters. The topological polar surface area (TPSA) is 26.0 Å². The lowest BCUT2D eigenvalue weighted by Gasteiger charge is -2.10. The Bertz CT molecular complexity index is 243. The Morgan fingerprint density at radius 2 is 1.92 bits per heavy atom. The van der Waals surface area contributed by atoms with Gasteiger partial charge in [-0.1, -0.05) is 30.7 Å². The van der Waals surface area contributed by atoms with E-state index in [0.717, 1.165) is 24.4 Å². The second-order valence-electron chi connectivity index (χ2n) is 3.38. The fraction of sp³-hybridized carbons (Fsp3) is 0.455. The lowest BCUT2D eigenvalue weighted by Crippen LogP contribution is -2.01. The average Bonchev–Trinajstić information content (AvgIpc) is 2.15. The molecule has 1 aromatic carbocycles. The Kier molecular flexibility index (Phi) is 4.26. The second kappa shape index (κ2) is 5.25. The highest BCUT2D eigenvalue weighted by molar-refractivity contribution is 6.30. The van der Waals surface area contributed by atoms with Gasteiger partial charge in [0.1, 0.15) is 0 Å². The summed E-state index contributed by atoms with van der Waals surface area (Å²) in [5.41, 5.74) is 6.80. The van der Waals surface area contributed by atoms with Gasteiger partial charge in [0.2, 0.25) is 0 Å². The number of hydrogen-bond donors (Lipinski definition) is 1. The van der Waals surface area contributed by atoms with E-state index >= 15 is 0 Å². The number of hydrogen-bond acceptors (Lipinski definition) is 1. The molecule has 0 fully saturated rings. The van der Waals surface area contributed by atoms with Crippen molar-refractivity contribution in [3.63, 3.8) is 0 Å². The molecule has 0 aliphatic heterocycles. The summed E-state index contributed by atoms with van der Waals surface area (Å²) >= 11 is 5.80. The summed E-state index contributed by atoms with van der Waals surface area (Å²) in [4.78, 5) is 0. The molecule has 0 bridgehead atoms. The van der Waals surface area contributed by atoms with Crippen molar-refractivity contribution in [3.05, 3.63) is 34.9 Å². The van der Waals surface area contributed by atoms with Gasteiger partial charge >= 0.3 is 0 Å². The van der Waals surface area contributed by atoms with Gasteiger partial charge in [-0.15, -0.1) is 0 Å². The molecule has 2 N–H and O–H groups in total. The first-order valence-corrected chi connectivity index (χ1v) is 5.07. The lowest BCUT2D eigenvalue weighted by molar-refractivity contribution is 0.641. The minimum atomic E-state index is 0.584. The maximum atomic E-state index is 5.80. The predicted molar refractivity (Wildman–Crippen MR) is 58.2 cm³/mol. The van der Waals surface area contributed by atoms with Gasteiger partial charge in [0.05, 0.1) is 0 Å². The van der Waals surface area contributed by atoms with E-state index in [9.17, 15) is 0 Å². The summed E-state index contributed by atoms with van der Waals surface area (Å²) < 4.78 is 0. The van der Waals surface area contributed by atoms with E-state index in [1.165, 1.54) is 5.56 Å². The molecule has 0 spiro atoms. The van der Waals surface area contributed by atoms with Crippen molar-refractivity contribution in [1.29, 1.82) is 0 Å². The fourth-order valence-corrected chi connectivity index (χ4v) is 1.51. The van der Waals surface area contributed by atoms with Crippen LogP contribution in [0.15, 0.2) is 24.3 Å². The van der Waals surface area contributed by atoms with Crippen molar-refractivity contribution in [2.75, 3.05) is 6.54 Å². The minimum absolute atomic E-state index is 0.584. The van der Waals surface area contributed by atoms with Crippen LogP contribution in [0.3, 0.4) is 0 Å². The van der Waals surface area contributed by atoms with Crippen LogP contribution < -0.4 is 5.73 Å². The highest BCUT2D eigenvalue weighted by Gasteiger charge is 2.03. The zero-order valence-electron chi connectivity index (χ0n) is 7.96. The van der Waals surface area contributed by atoms with Crippen LogP contribution in [0.1, 0.15) is 31.2 Å². The Morgan fingerprint density at radius 1 is 1.31 bits per heavy atom. The van der Waals surface area contributed by atoms with Gasteiger partial charge in [-0.25, -0.2) is 0 Å². The molecule has 0 aliphatic rings. The number of benzene rings is 1. The van der Waals surface area contributed by atoms with Crippen LogP contribution in [0.5, 0.6) is 0 Å². The van der Waals surface area contributed by atoms with E-state index in [4.69, 9.17) is 17.3 Å². The van der Waals surface area contributed by atoms with Crippen molar-refractivity contribution in [2.24, 2.45) is 5.73 Å². The van der Waals surface area contributed by atoms with E-state index in [1.54, 1.807) is 0 Å². The molecule has 1 aromatic rings. The fourth-order valence-electron chi connectivity index (χ4n) is 1.38. The monoisotopic (exact) mass is 197 g/mol. The Hall–Kier alpha value is -0.530. The molecule has 1 rings (SSSR count). The zero-order chi connectivity index (χ0) is 9.68. The smallest absolute Gasteiger partial charge is 0.0406 e. The van der Waals surface area contributed by atoms with E-state index < -0.39 is 0 Å². The average molecular weight is 198 g/mol. The van der Waals surface area contributed by atoms with Crippen LogP contribution in [-0.2, 0) is 0 Å². The van der Waals surface area contributed by atoms with Crippen LogP contribution in [-0.4, -0.2) is 6.54 Å². The number of halogens is 1. The molecular weight excluding hydrogens is 182 g/mol. The van der Waals surface area contributed by atoms with Crippen LogP contribution in [0.2, 0.25) is 5.02 Å². The van der Waals surface area contributed by atoms with E-state index in [0.29, 0.717) is 5.92 Å². The quantitative estimate of drug-likeness (QED) is 0.789. The van der Waals surface area contributed by atoms with E-state index in [1.807, 2.05) is 12.1 Å². The summed E-state index contributed by atoms with van der Waals surface area (Å²) in [6.45, 7) is 3.00. The van der Waals surface area contributed by atoms with Crippen molar-refractivity contribution < 1.29 is 0 Å². The summed E-state index contributed by atoms with van der Waals surface area (Å²) in [5, 5.41) is 0.801. The predicted octanol–water partition coefficient (Wildman–Crippen LogP) is 3.18. The van der Waals surface area contributed by atoms with Gasteiger partial charge in [-0.3, -0.25) is 0 Å². The van der Waals surface area contributed by atoms with Crippen LogP contribution in [0.25, 0.3) is 0 Å². The molecule has 72 valence electrons. The highest BCUT2D eigenvalue weighted by atomic mass is 35.5. The Balaban J connectivity index is 2.55. The summed E-state index contributed by atoms with van der Waals surface area (Å²) in [5.74, 6) is 0.584. The maximum Gasteiger partial charge on any atom is 0.0406 e. The third-order valence-electron chi connectivity index (χ3n) is 2.28. The Labute approximate surface area is 84.9 Å². The van der Waals surface area contributed by atoms with Crippen molar-refractivity contribution in [1.82, 2.24) is 0 Å². The SMILES string of the molecule is CC(CCCN)c1ccc(Cl)cc1. The zero-order valence-corrected chi connectivity index (χ0v) is 8.72. The minimum Gasteiger partial charge on any atom is -0.330 e. The van der Waals surface area contributed by atoms with Crippen LogP contribution in [0.4, 0.5) is 0 Å². The number of nitrogens with two attached hydrogens (primary N) is 1. The van der Waals surface area contributed by atoms with Crippen molar-refractivity contribution in [3.8, 4) is 0 Å². The summed E-state index contributed by atoms with van der Waals surface area (Å²) in [6.07, 6.45) is 2.24. The molecule has 0 saturated heterocycles. The molecule has 0 aromatic heterocycles. The largest absolute Gasteiger partial charge is 0.330 e. The third-order valence-corrected chi connectivity index (χ3v) is 2.53. The summed E-state index contributed by atoms with van der Waals surface area (Å²) in [7, 11) is 0. The van der Waals surface area contributed by atoms with Gasteiger partial charge < -0.3 is 5.73 Å². The normalized spacial score (nSPS) is 12.8. The Morgan fingerprint density at radius 3 is 2.46 bits per heavy atom. The molecule has 1 nitrogen and oxygen atoms in total. The number of rotatable bonds is 4. The third kappa shape index (κ3) is 3.37. The lowest BCUT2D eigenvalue weighted by atomic mass is 9.96. The van der Waals surface area contributed by atoms with Gasteiger partial charge in [0.15, 0.2) is 0 Å². The molecule has 13 heavy (non-hydrogen) atoms. The summed E-state index contributed by atoms with van der Waals surface area (Å²) in [6, 6.07) is 8.05. The highest BCUT2D eigenvalue weighted by Crippen LogP contribution is 2.21. The van der Waals surface area contributed by atoms with Gasteiger partial charge in [0.25, 0.3) is 0 Å². The molecule has 1 unspecified atom stereocenters. The molecule has 0 aliphatic carbocycles. The molecule has 2 heteroatoms. The second-order valence-corrected chi connectivity index (χ2v) is 3.82. The molecule has 0 saturated carbocycles. The molecule has 0 heterocycles. The molecule has 0 amide bonds. The first kappa shape index (κ1) is 10.6. The first-order chi connectivity index (χ1) is 6.24. The van der Waals surface area contributed by atoms with E-state index in [-0.39, 0.29) is 0 Å². The molecule has 0 radical (unpaired) electrons. The maximum absolute atomic E-state index is 5.80. The van der Waals surface area contributed by atoms with Crippen LogP contribution >= 0.6 is 11.6 Å². The van der Waals surface area contributed by atoms with E-state index in [2.05, 4.69) is 19.1 Å². The molecular formula is C11H16ClN.